The lowest BCUT2D eigenvalue weighted by Crippen LogP contribution is -2.29. The number of pyridine rings is 1. The van der Waals surface area contributed by atoms with Crippen LogP contribution in [0, 0.1) is 0 Å². The Morgan fingerprint density at radius 2 is 2.00 bits per heavy atom. The van der Waals surface area contributed by atoms with Crippen LogP contribution in [0.25, 0.3) is 0 Å². The van der Waals surface area contributed by atoms with Crippen LogP contribution < -0.4 is 9.50 Å². The van der Waals surface area contributed by atoms with Crippen molar-refractivity contribution in [3.8, 4) is 5.75 Å². The van der Waals surface area contributed by atoms with E-state index in [-0.39, 0.29) is 30.1 Å². The molecule has 6 nitrogen and oxygen atoms in total. The number of hydrogen-bond donors (Lipinski definition) is 1. The molecule has 19 heavy (non-hydrogen) atoms. The third kappa shape index (κ3) is 2.62. The zero-order valence-corrected chi connectivity index (χ0v) is 10.0. The van der Waals surface area contributed by atoms with Crippen molar-refractivity contribution in [2.24, 2.45) is 0 Å². The molecule has 1 aliphatic rings. The van der Waals surface area contributed by atoms with E-state index in [2.05, 4.69) is 14.5 Å². The largest absolute Gasteiger partial charge is 0.534 e. The third-order valence-corrected chi connectivity index (χ3v) is 3.32. The van der Waals surface area contributed by atoms with Crippen LogP contribution in [0.4, 0.5) is 19.0 Å². The Labute approximate surface area is 105 Å². The van der Waals surface area contributed by atoms with Crippen molar-refractivity contribution < 1.29 is 30.6 Å². The average Bonchev–Trinajstić information content (AvgIpc) is 2.26. The first kappa shape index (κ1) is 13.6. The number of carbonyl (C=O) groups excluding carboxylic acids is 1. The Balaban J connectivity index is 2.38. The summed E-state index contributed by atoms with van der Waals surface area (Å²) in [6, 6.07) is 1.000. The minimum absolute atomic E-state index is 0.00567. The molecular formula is C9H7F3N2O4S. The predicted molar refractivity (Wildman–Crippen MR) is 56.8 cm³/mol. The van der Waals surface area contributed by atoms with E-state index in [1.54, 1.807) is 0 Å². The molecule has 1 N–H and O–H groups in total. The van der Waals surface area contributed by atoms with Gasteiger partial charge in [-0.15, -0.1) is 0 Å². The van der Waals surface area contributed by atoms with Crippen LogP contribution in [0.2, 0.25) is 0 Å². The monoisotopic (exact) mass is 296 g/mol. The molecule has 1 aromatic rings. The van der Waals surface area contributed by atoms with Gasteiger partial charge in [-0.3, -0.25) is 4.79 Å². The summed E-state index contributed by atoms with van der Waals surface area (Å²) in [7, 11) is -5.74. The standard InChI is InChI=1S/C9H7F3N2O4S/c10-9(11,12)19(16,17)18-6-3-4-13-8-5(6)1-2-7(15)14-8/h3-4H,1-2H2,(H,13,14,15). The van der Waals surface area contributed by atoms with Gasteiger partial charge in [0.05, 0.1) is 0 Å². The van der Waals surface area contributed by atoms with Crippen LogP contribution in [-0.4, -0.2) is 24.8 Å². The highest BCUT2D eigenvalue weighted by Crippen LogP contribution is 2.33. The lowest BCUT2D eigenvalue weighted by Gasteiger charge is -2.18. The van der Waals surface area contributed by atoms with E-state index >= 15 is 0 Å². The number of alkyl halides is 3. The lowest BCUT2D eigenvalue weighted by atomic mass is 10.1. The predicted octanol–water partition coefficient (Wildman–Crippen LogP) is 1.19. The molecule has 0 saturated heterocycles. The van der Waals surface area contributed by atoms with E-state index in [1.165, 1.54) is 0 Å². The highest BCUT2D eigenvalue weighted by Gasteiger charge is 2.49. The summed E-state index contributed by atoms with van der Waals surface area (Å²) in [4.78, 5) is 14.8. The number of halogens is 3. The first-order chi connectivity index (χ1) is 8.71. The summed E-state index contributed by atoms with van der Waals surface area (Å²) in [5, 5.41) is 2.32. The van der Waals surface area contributed by atoms with E-state index in [0.717, 1.165) is 12.3 Å². The second-order valence-corrected chi connectivity index (χ2v) is 5.21. The van der Waals surface area contributed by atoms with Crippen LogP contribution >= 0.6 is 0 Å². The Morgan fingerprint density at radius 3 is 2.63 bits per heavy atom. The molecule has 0 aromatic carbocycles. The van der Waals surface area contributed by atoms with E-state index in [0.29, 0.717) is 0 Å². The summed E-state index contributed by atoms with van der Waals surface area (Å²) >= 11 is 0. The van der Waals surface area contributed by atoms with Gasteiger partial charge < -0.3 is 9.50 Å². The molecule has 0 atom stereocenters. The molecule has 0 bridgehead atoms. The molecule has 1 aromatic heterocycles. The topological polar surface area (TPSA) is 85.4 Å². The molecule has 2 rings (SSSR count). The number of amides is 1. The summed E-state index contributed by atoms with van der Waals surface area (Å²) < 4.78 is 62.5. The fourth-order valence-electron chi connectivity index (χ4n) is 1.50. The van der Waals surface area contributed by atoms with Gasteiger partial charge in [-0.2, -0.15) is 21.6 Å². The van der Waals surface area contributed by atoms with Crippen molar-refractivity contribution in [1.82, 2.24) is 4.98 Å². The number of rotatable bonds is 2. The summed E-state index contributed by atoms with van der Waals surface area (Å²) in [5.41, 5.74) is -5.39. The quantitative estimate of drug-likeness (QED) is 0.654. The minimum Gasteiger partial charge on any atom is -0.376 e. The highest BCUT2D eigenvalue weighted by atomic mass is 32.2. The molecule has 0 spiro atoms. The molecule has 10 heteroatoms. The molecule has 0 saturated carbocycles. The Kier molecular flexibility index (Phi) is 3.12. The first-order valence-corrected chi connectivity index (χ1v) is 6.40. The number of aromatic nitrogens is 1. The second kappa shape index (κ2) is 4.37. The Morgan fingerprint density at radius 1 is 1.32 bits per heavy atom. The van der Waals surface area contributed by atoms with Crippen molar-refractivity contribution >= 4 is 21.8 Å². The van der Waals surface area contributed by atoms with Gasteiger partial charge in [0, 0.05) is 24.2 Å². The summed E-state index contributed by atoms with van der Waals surface area (Å²) in [6.45, 7) is 0. The maximum absolute atomic E-state index is 12.2. The summed E-state index contributed by atoms with van der Waals surface area (Å²) in [5.74, 6) is -0.829. The van der Waals surface area contributed by atoms with Gasteiger partial charge in [-0.25, -0.2) is 4.98 Å². The van der Waals surface area contributed by atoms with Crippen LogP contribution in [0.15, 0.2) is 12.3 Å². The maximum Gasteiger partial charge on any atom is 0.534 e. The van der Waals surface area contributed by atoms with E-state index in [1.807, 2.05) is 0 Å². The van der Waals surface area contributed by atoms with Gasteiger partial charge in [0.2, 0.25) is 5.91 Å². The lowest BCUT2D eigenvalue weighted by molar-refractivity contribution is -0.116. The average molecular weight is 296 g/mol. The van der Waals surface area contributed by atoms with Gasteiger partial charge in [0.1, 0.15) is 5.82 Å². The van der Waals surface area contributed by atoms with Crippen molar-refractivity contribution in [3.05, 3.63) is 17.8 Å². The second-order valence-electron chi connectivity index (χ2n) is 3.67. The highest BCUT2D eigenvalue weighted by molar-refractivity contribution is 7.88. The minimum atomic E-state index is -5.74. The SMILES string of the molecule is O=C1CCc2c(OS(=O)(=O)C(F)(F)F)ccnc2N1. The molecule has 1 amide bonds. The zero-order valence-electron chi connectivity index (χ0n) is 9.19. The number of anilines is 1. The maximum atomic E-state index is 12.2. The molecular weight excluding hydrogens is 289 g/mol. The molecule has 0 aliphatic carbocycles. The molecule has 0 fully saturated rings. The molecule has 0 radical (unpaired) electrons. The van der Waals surface area contributed by atoms with Crippen molar-refractivity contribution in [2.45, 2.75) is 18.3 Å². The van der Waals surface area contributed by atoms with E-state index in [9.17, 15) is 26.4 Å². The van der Waals surface area contributed by atoms with Gasteiger partial charge in [0.25, 0.3) is 0 Å². The Bertz CT molecular complexity index is 627. The van der Waals surface area contributed by atoms with E-state index < -0.39 is 21.4 Å². The number of hydrogen-bond acceptors (Lipinski definition) is 5. The van der Waals surface area contributed by atoms with Crippen LogP contribution in [0.1, 0.15) is 12.0 Å². The molecule has 2 heterocycles. The van der Waals surface area contributed by atoms with Crippen LogP contribution in [-0.2, 0) is 21.3 Å². The van der Waals surface area contributed by atoms with Crippen molar-refractivity contribution in [3.63, 3.8) is 0 Å². The summed E-state index contributed by atoms with van der Waals surface area (Å²) in [6.07, 6.45) is 1.12. The smallest absolute Gasteiger partial charge is 0.376 e. The zero-order chi connectivity index (χ0) is 14.3. The number of fused-ring (bicyclic) bond motifs is 1. The molecule has 104 valence electrons. The van der Waals surface area contributed by atoms with Crippen molar-refractivity contribution in [1.29, 1.82) is 0 Å². The van der Waals surface area contributed by atoms with Gasteiger partial charge in [-0.05, 0) is 6.42 Å². The van der Waals surface area contributed by atoms with Gasteiger partial charge in [-0.1, -0.05) is 0 Å². The van der Waals surface area contributed by atoms with Crippen LogP contribution in [0.5, 0.6) is 5.75 Å². The van der Waals surface area contributed by atoms with Gasteiger partial charge >= 0.3 is 15.6 Å². The fraction of sp³-hybridized carbons (Fsp3) is 0.333. The third-order valence-electron chi connectivity index (χ3n) is 2.36. The fourth-order valence-corrected chi connectivity index (χ4v) is 1.99. The van der Waals surface area contributed by atoms with E-state index in [4.69, 9.17) is 0 Å². The number of carbonyl (C=O) groups is 1. The first-order valence-electron chi connectivity index (χ1n) is 4.99. The van der Waals surface area contributed by atoms with Crippen LogP contribution in [0.3, 0.4) is 0 Å². The molecule has 1 aliphatic heterocycles. The Hall–Kier alpha value is -1.84. The number of nitrogens with zero attached hydrogens (tertiary/aromatic N) is 1. The molecule has 0 unspecified atom stereocenters. The normalized spacial score (nSPS) is 15.6. The number of nitrogens with one attached hydrogen (secondary N) is 1. The van der Waals surface area contributed by atoms with Crippen molar-refractivity contribution in [2.75, 3.05) is 5.32 Å². The van der Waals surface area contributed by atoms with Gasteiger partial charge in [0.15, 0.2) is 5.75 Å².